The Bertz CT molecular complexity index is 519. The molecule has 0 aromatic heterocycles. The summed E-state index contributed by atoms with van der Waals surface area (Å²) in [6.07, 6.45) is 2.00. The number of nitrogens with one attached hydrogen (secondary N) is 1. The number of amides is 1. The number of aryl methyl sites for hydroxylation is 1. The largest absolute Gasteiger partial charge is 0.342 e. The van der Waals surface area contributed by atoms with Gasteiger partial charge in [0.1, 0.15) is 0 Å². The number of hydrogen-bond acceptors (Lipinski definition) is 4. The molecule has 1 aliphatic rings. The van der Waals surface area contributed by atoms with Crippen molar-refractivity contribution >= 4 is 11.6 Å². The molecule has 1 fully saturated rings. The molecule has 1 saturated heterocycles. The molecule has 1 amide bonds. The maximum absolute atomic E-state index is 12.2. The average molecular weight is 291 g/mol. The Morgan fingerprint density at radius 2 is 2.33 bits per heavy atom. The molecule has 2 rings (SSSR count). The molecule has 0 saturated carbocycles. The zero-order valence-electron chi connectivity index (χ0n) is 12.2. The van der Waals surface area contributed by atoms with E-state index in [1.54, 1.807) is 12.1 Å². The number of non-ortho nitro benzene ring substituents is 1. The van der Waals surface area contributed by atoms with E-state index in [9.17, 15) is 14.9 Å². The molecule has 1 heterocycles. The molecule has 0 bridgehead atoms. The van der Waals surface area contributed by atoms with Crippen LogP contribution in [0.15, 0.2) is 24.3 Å². The summed E-state index contributed by atoms with van der Waals surface area (Å²) in [6.45, 7) is 2.57. The van der Waals surface area contributed by atoms with Gasteiger partial charge in [0.25, 0.3) is 5.69 Å². The number of carbonyl (C=O) groups excluding carboxylic acids is 1. The average Bonchev–Trinajstić information content (AvgIpc) is 2.94. The molecule has 1 aromatic carbocycles. The number of carbonyl (C=O) groups is 1. The number of rotatable bonds is 6. The summed E-state index contributed by atoms with van der Waals surface area (Å²) in [7, 11) is 1.92. The van der Waals surface area contributed by atoms with Crippen molar-refractivity contribution in [2.24, 2.45) is 5.92 Å². The highest BCUT2D eigenvalue weighted by atomic mass is 16.6. The topological polar surface area (TPSA) is 75.5 Å². The normalized spacial score (nSPS) is 18.0. The van der Waals surface area contributed by atoms with Crippen molar-refractivity contribution in [2.45, 2.75) is 19.3 Å². The van der Waals surface area contributed by atoms with Gasteiger partial charge in [-0.05, 0) is 37.9 Å². The van der Waals surface area contributed by atoms with E-state index in [0.717, 1.165) is 31.6 Å². The SMILES string of the molecule is CNCC1CCN(C(=O)CCc2cccc([N+](=O)[O-])c2)C1. The fourth-order valence-electron chi connectivity index (χ4n) is 2.75. The van der Waals surface area contributed by atoms with E-state index >= 15 is 0 Å². The monoisotopic (exact) mass is 291 g/mol. The Morgan fingerprint density at radius 3 is 3.05 bits per heavy atom. The number of nitro groups is 1. The molecule has 1 atom stereocenters. The number of hydrogen-bond donors (Lipinski definition) is 1. The lowest BCUT2D eigenvalue weighted by atomic mass is 10.1. The second-order valence-corrected chi connectivity index (χ2v) is 5.48. The van der Waals surface area contributed by atoms with Crippen molar-refractivity contribution in [2.75, 3.05) is 26.7 Å². The van der Waals surface area contributed by atoms with Gasteiger partial charge in [-0.1, -0.05) is 12.1 Å². The molecular weight excluding hydrogens is 270 g/mol. The molecule has 6 nitrogen and oxygen atoms in total. The van der Waals surface area contributed by atoms with Gasteiger partial charge in [0.2, 0.25) is 5.91 Å². The summed E-state index contributed by atoms with van der Waals surface area (Å²) in [6, 6.07) is 6.50. The zero-order chi connectivity index (χ0) is 15.2. The molecule has 0 spiro atoms. The molecule has 21 heavy (non-hydrogen) atoms. The Labute approximate surface area is 124 Å². The quantitative estimate of drug-likeness (QED) is 0.638. The van der Waals surface area contributed by atoms with Gasteiger partial charge in [0.05, 0.1) is 4.92 Å². The molecule has 1 unspecified atom stereocenters. The van der Waals surface area contributed by atoms with Crippen LogP contribution in [0.5, 0.6) is 0 Å². The van der Waals surface area contributed by atoms with Crippen LogP contribution in [-0.4, -0.2) is 42.4 Å². The first kappa shape index (κ1) is 15.4. The van der Waals surface area contributed by atoms with E-state index in [1.165, 1.54) is 6.07 Å². The number of nitrogens with zero attached hydrogens (tertiary/aromatic N) is 2. The predicted octanol–water partition coefficient (Wildman–Crippen LogP) is 1.60. The fourth-order valence-corrected chi connectivity index (χ4v) is 2.75. The first-order chi connectivity index (χ1) is 10.1. The van der Waals surface area contributed by atoms with Crippen LogP contribution in [-0.2, 0) is 11.2 Å². The Balaban J connectivity index is 1.84. The third kappa shape index (κ3) is 4.26. The minimum absolute atomic E-state index is 0.0789. The third-order valence-electron chi connectivity index (χ3n) is 3.88. The van der Waals surface area contributed by atoms with Crippen LogP contribution in [0.4, 0.5) is 5.69 Å². The molecule has 0 aliphatic carbocycles. The van der Waals surface area contributed by atoms with Crippen LogP contribution in [0.2, 0.25) is 0 Å². The first-order valence-electron chi connectivity index (χ1n) is 7.26. The van der Waals surface area contributed by atoms with Gasteiger partial charge in [0.15, 0.2) is 0 Å². The van der Waals surface area contributed by atoms with Gasteiger partial charge in [-0.25, -0.2) is 0 Å². The maximum Gasteiger partial charge on any atom is 0.269 e. The van der Waals surface area contributed by atoms with Crippen molar-refractivity contribution in [1.29, 1.82) is 0 Å². The minimum atomic E-state index is -0.409. The Kier molecular flexibility index (Phi) is 5.27. The van der Waals surface area contributed by atoms with E-state index in [-0.39, 0.29) is 11.6 Å². The lowest BCUT2D eigenvalue weighted by molar-refractivity contribution is -0.384. The van der Waals surface area contributed by atoms with Crippen molar-refractivity contribution in [1.82, 2.24) is 10.2 Å². The maximum atomic E-state index is 12.2. The van der Waals surface area contributed by atoms with Gasteiger partial charge >= 0.3 is 0 Å². The van der Waals surface area contributed by atoms with Crippen molar-refractivity contribution < 1.29 is 9.72 Å². The van der Waals surface area contributed by atoms with Crippen LogP contribution in [0.25, 0.3) is 0 Å². The third-order valence-corrected chi connectivity index (χ3v) is 3.88. The van der Waals surface area contributed by atoms with E-state index in [2.05, 4.69) is 5.32 Å². The molecule has 6 heteroatoms. The van der Waals surface area contributed by atoms with Crippen molar-refractivity contribution in [3.05, 3.63) is 39.9 Å². The Morgan fingerprint density at radius 1 is 1.52 bits per heavy atom. The molecule has 1 aliphatic heterocycles. The molecular formula is C15H21N3O3. The standard InChI is InChI=1S/C15H21N3O3/c1-16-10-13-7-8-17(11-13)15(19)6-5-12-3-2-4-14(9-12)18(20)21/h2-4,9,13,16H,5-8,10-11H2,1H3. The zero-order valence-corrected chi connectivity index (χ0v) is 12.2. The first-order valence-corrected chi connectivity index (χ1v) is 7.26. The summed E-state index contributed by atoms with van der Waals surface area (Å²) in [5.74, 6) is 0.678. The summed E-state index contributed by atoms with van der Waals surface area (Å²) < 4.78 is 0. The summed E-state index contributed by atoms with van der Waals surface area (Å²) in [5.41, 5.74) is 0.915. The number of benzene rings is 1. The highest BCUT2D eigenvalue weighted by Gasteiger charge is 2.25. The lowest BCUT2D eigenvalue weighted by Crippen LogP contribution is -2.30. The van der Waals surface area contributed by atoms with E-state index in [0.29, 0.717) is 18.8 Å². The summed E-state index contributed by atoms with van der Waals surface area (Å²) in [4.78, 5) is 24.4. The second kappa shape index (κ2) is 7.17. The van der Waals surface area contributed by atoms with E-state index in [1.807, 2.05) is 18.0 Å². The highest BCUT2D eigenvalue weighted by molar-refractivity contribution is 5.76. The van der Waals surface area contributed by atoms with Crippen LogP contribution in [0, 0.1) is 16.0 Å². The number of likely N-dealkylation sites (tertiary alicyclic amines) is 1. The molecule has 0 radical (unpaired) electrons. The van der Waals surface area contributed by atoms with E-state index < -0.39 is 4.92 Å². The number of nitro benzene ring substituents is 1. The van der Waals surface area contributed by atoms with Gasteiger partial charge in [0, 0.05) is 31.6 Å². The Hall–Kier alpha value is -1.95. The van der Waals surface area contributed by atoms with E-state index in [4.69, 9.17) is 0 Å². The lowest BCUT2D eigenvalue weighted by Gasteiger charge is -2.16. The van der Waals surface area contributed by atoms with Crippen LogP contribution in [0.1, 0.15) is 18.4 Å². The van der Waals surface area contributed by atoms with Crippen LogP contribution in [0.3, 0.4) is 0 Å². The van der Waals surface area contributed by atoms with Gasteiger partial charge < -0.3 is 10.2 Å². The molecule has 1 aromatic rings. The second-order valence-electron chi connectivity index (χ2n) is 5.48. The summed E-state index contributed by atoms with van der Waals surface area (Å²) >= 11 is 0. The summed E-state index contributed by atoms with van der Waals surface area (Å²) in [5, 5.41) is 13.9. The van der Waals surface area contributed by atoms with Gasteiger partial charge in [-0.3, -0.25) is 14.9 Å². The molecule has 1 N–H and O–H groups in total. The smallest absolute Gasteiger partial charge is 0.269 e. The van der Waals surface area contributed by atoms with Crippen molar-refractivity contribution in [3.8, 4) is 0 Å². The molecule has 114 valence electrons. The highest BCUT2D eigenvalue weighted by Crippen LogP contribution is 2.18. The van der Waals surface area contributed by atoms with Crippen LogP contribution < -0.4 is 5.32 Å². The fraction of sp³-hybridized carbons (Fsp3) is 0.533. The van der Waals surface area contributed by atoms with Crippen molar-refractivity contribution in [3.63, 3.8) is 0 Å². The van der Waals surface area contributed by atoms with Crippen LogP contribution >= 0.6 is 0 Å². The minimum Gasteiger partial charge on any atom is -0.342 e. The predicted molar refractivity (Wildman–Crippen MR) is 80.0 cm³/mol. The van der Waals surface area contributed by atoms with Gasteiger partial charge in [-0.15, -0.1) is 0 Å². The van der Waals surface area contributed by atoms with Gasteiger partial charge in [-0.2, -0.15) is 0 Å².